The van der Waals surface area contributed by atoms with Crippen LogP contribution in [0.3, 0.4) is 0 Å². The number of esters is 1. The molecule has 368 valence electrons. The molecule has 9 atom stereocenters. The molecule has 1 aliphatic carbocycles. The molecular formula is C48H65ClN4O13S. The average molecular weight is 974 g/mol. The minimum atomic E-state index is -1.87. The predicted octanol–water partition coefficient (Wildman–Crippen LogP) is 5.16. The van der Waals surface area contributed by atoms with Gasteiger partial charge in [-0.1, -0.05) is 42.3 Å². The Bertz CT molecular complexity index is 2160. The van der Waals surface area contributed by atoms with Gasteiger partial charge in [-0.2, -0.15) is 0 Å². The molecule has 17 nitrogen and oxygen atoms in total. The summed E-state index contributed by atoms with van der Waals surface area (Å²) in [5, 5.41) is 13.9. The van der Waals surface area contributed by atoms with Crippen molar-refractivity contribution in [3.8, 4) is 5.75 Å². The second kappa shape index (κ2) is 21.4. The molecule has 0 aromatic heterocycles. The van der Waals surface area contributed by atoms with Crippen LogP contribution in [0, 0.1) is 17.8 Å². The molecule has 4 aliphatic heterocycles. The number of fused-ring (bicyclic) bond motifs is 5. The van der Waals surface area contributed by atoms with Crippen LogP contribution in [0.5, 0.6) is 5.75 Å². The Labute approximate surface area is 401 Å². The molecule has 0 radical (unpaired) electrons. The van der Waals surface area contributed by atoms with Gasteiger partial charge in [-0.15, -0.1) is 11.8 Å². The number of alkyl carbamates (subject to hydrolysis) is 1. The van der Waals surface area contributed by atoms with E-state index in [1.807, 2.05) is 13.0 Å². The summed E-state index contributed by atoms with van der Waals surface area (Å²) in [6.07, 6.45) is 3.60. The number of nitrogens with zero attached hydrogens (tertiary/aromatic N) is 3. The lowest BCUT2D eigenvalue weighted by Crippen LogP contribution is -2.63. The number of halogens is 1. The number of likely N-dealkylation sites (tertiary alicyclic amines) is 1. The van der Waals surface area contributed by atoms with Crippen molar-refractivity contribution in [3.63, 3.8) is 0 Å². The molecule has 19 heteroatoms. The number of methoxy groups -OCH3 is 2. The molecule has 1 saturated carbocycles. The molecule has 1 unspecified atom stereocenters. The summed E-state index contributed by atoms with van der Waals surface area (Å²) in [6.45, 7) is 8.82. The fourth-order valence-electron chi connectivity index (χ4n) is 9.67. The van der Waals surface area contributed by atoms with Gasteiger partial charge in [0.05, 0.1) is 30.6 Å². The minimum Gasteiger partial charge on any atom is -0.495 e. The lowest BCUT2D eigenvalue weighted by Gasteiger charge is -2.42. The first-order valence-electron chi connectivity index (χ1n) is 22.9. The molecular weight excluding hydrogens is 908 g/mol. The van der Waals surface area contributed by atoms with E-state index in [2.05, 4.69) is 5.32 Å². The summed E-state index contributed by atoms with van der Waals surface area (Å²) < 4.78 is 29.4. The molecule has 6 rings (SSSR count). The van der Waals surface area contributed by atoms with Crippen LogP contribution >= 0.6 is 23.4 Å². The molecule has 1 aromatic rings. The highest BCUT2D eigenvalue weighted by Gasteiger charge is 2.64. The standard InChI is InChI=1S/C48H65ClN4O13S/c1-26-11-10-12-37(63-9)48(61)24-35(64-46(60)50-48)27(2)43-47(5,66-43)38(23-40(56)52(7)33-20-31(19-26)21-34(62-8)42(33)49)65-45(59)28(3)51(6)39(55)17-18-67-36-22-41(57)53(44(36)58)25-30-13-15-32(16-14-30)29(4)54/h10-12,20-21,27-28,30,32,35-38,43,61H,13-19,22-25H2,1-9H3,(H,50,60)/b12-10+,26-11+/t27-,28+,30?,32?,35+,36?,37-,38+,43+,47+,48+/m1/s1. The van der Waals surface area contributed by atoms with Crippen molar-refractivity contribution in [2.45, 2.75) is 139 Å². The Balaban J connectivity index is 1.16. The molecule has 67 heavy (non-hydrogen) atoms. The van der Waals surface area contributed by atoms with E-state index in [1.54, 1.807) is 52.1 Å². The number of epoxide rings is 1. The Hall–Kier alpha value is -4.49. The van der Waals surface area contributed by atoms with Gasteiger partial charge in [0.15, 0.2) is 5.72 Å². The van der Waals surface area contributed by atoms with Crippen LogP contribution in [0.2, 0.25) is 5.02 Å². The lowest BCUT2D eigenvalue weighted by atomic mass is 9.80. The van der Waals surface area contributed by atoms with Crippen molar-refractivity contribution in [2.24, 2.45) is 17.8 Å². The van der Waals surface area contributed by atoms with Crippen molar-refractivity contribution in [2.75, 3.05) is 45.5 Å². The van der Waals surface area contributed by atoms with Gasteiger partial charge < -0.3 is 38.6 Å². The number of ketones is 1. The summed E-state index contributed by atoms with van der Waals surface area (Å²) in [7, 11) is 5.91. The van der Waals surface area contributed by atoms with Gasteiger partial charge in [-0.25, -0.2) is 9.59 Å². The van der Waals surface area contributed by atoms with E-state index < -0.39 is 76.8 Å². The van der Waals surface area contributed by atoms with E-state index in [4.69, 9.17) is 35.3 Å². The molecule has 4 fully saturated rings. The maximum absolute atomic E-state index is 14.3. The SMILES string of the molecule is COc1cc2cc(c1Cl)N(C)C(=O)C[C@H](OC(=O)[C@H](C)N(C)C(=O)CCSC1CC(=O)N(CC3CCC(C(C)=O)CC3)C1=O)[C@]1(C)O[C@H]1[C@H](C)[C@@H]1C[C@@](O)(NC(=O)O1)[C@H](OC)/C=C/C=C(\C)C2. The minimum absolute atomic E-state index is 0.0292. The van der Waals surface area contributed by atoms with Gasteiger partial charge in [-0.05, 0) is 83.4 Å². The highest BCUT2D eigenvalue weighted by atomic mass is 35.5. The van der Waals surface area contributed by atoms with Gasteiger partial charge in [0.1, 0.15) is 46.5 Å². The highest BCUT2D eigenvalue weighted by Crippen LogP contribution is 2.49. The predicted molar refractivity (Wildman–Crippen MR) is 249 cm³/mol. The van der Waals surface area contributed by atoms with Gasteiger partial charge in [-0.3, -0.25) is 34.2 Å². The maximum Gasteiger partial charge on any atom is 0.409 e. The number of carbonyl (C=O) groups is 7. The number of Topliss-reactive ketones (excluding diaryl/α,β-unsaturated/α-hetero) is 1. The number of likely N-dealkylation sites (N-methyl/N-ethyl adjacent to an activating group) is 1. The third-order valence-electron chi connectivity index (χ3n) is 14.2. The Morgan fingerprint density at radius 1 is 1.09 bits per heavy atom. The first-order valence-corrected chi connectivity index (χ1v) is 24.3. The second-order valence-electron chi connectivity index (χ2n) is 18.9. The quantitative estimate of drug-likeness (QED) is 0.158. The van der Waals surface area contributed by atoms with E-state index in [9.17, 15) is 38.7 Å². The van der Waals surface area contributed by atoms with Gasteiger partial charge in [0.25, 0.3) is 0 Å². The average Bonchev–Trinajstić information content (AvgIpc) is 3.91. The zero-order valence-corrected chi connectivity index (χ0v) is 41.4. The molecule has 0 spiro atoms. The van der Waals surface area contributed by atoms with E-state index in [1.165, 1.54) is 54.7 Å². The number of carbonyl (C=O) groups excluding carboxylic acids is 7. The Kier molecular flexibility index (Phi) is 16.6. The van der Waals surface area contributed by atoms with Crippen molar-refractivity contribution in [1.82, 2.24) is 15.1 Å². The van der Waals surface area contributed by atoms with E-state index in [0.29, 0.717) is 24.4 Å². The third kappa shape index (κ3) is 11.7. The largest absolute Gasteiger partial charge is 0.495 e. The molecule has 4 heterocycles. The number of ether oxygens (including phenoxy) is 5. The number of benzene rings is 1. The molecule has 3 saturated heterocycles. The smallest absolute Gasteiger partial charge is 0.409 e. The zero-order chi connectivity index (χ0) is 49.1. The summed E-state index contributed by atoms with van der Waals surface area (Å²) in [5.41, 5.74) is -1.13. The van der Waals surface area contributed by atoms with Crippen LogP contribution in [0.1, 0.15) is 91.5 Å². The van der Waals surface area contributed by atoms with E-state index in [-0.39, 0.29) is 65.9 Å². The first kappa shape index (κ1) is 51.9. The summed E-state index contributed by atoms with van der Waals surface area (Å²) in [6, 6.07) is 2.43. The van der Waals surface area contributed by atoms with Crippen LogP contribution in [0.4, 0.5) is 10.5 Å². The molecule has 5 amide bonds. The molecule has 2 N–H and O–H groups in total. The van der Waals surface area contributed by atoms with Crippen molar-refractivity contribution >= 4 is 70.5 Å². The maximum atomic E-state index is 14.3. The van der Waals surface area contributed by atoms with Crippen molar-refractivity contribution in [1.29, 1.82) is 0 Å². The molecule has 4 bridgehead atoms. The number of allylic oxidation sites excluding steroid dienone is 3. The second-order valence-corrected chi connectivity index (χ2v) is 20.6. The van der Waals surface area contributed by atoms with Crippen LogP contribution in [-0.4, -0.2) is 144 Å². The number of aliphatic hydroxyl groups is 1. The fourth-order valence-corrected chi connectivity index (χ4v) is 11.1. The van der Waals surface area contributed by atoms with Crippen LogP contribution < -0.4 is 15.0 Å². The normalized spacial score (nSPS) is 33.1. The number of imide groups is 1. The zero-order valence-electron chi connectivity index (χ0n) is 39.8. The topological polar surface area (TPSA) is 211 Å². The van der Waals surface area contributed by atoms with Gasteiger partial charge in [0, 0.05) is 64.6 Å². The Morgan fingerprint density at radius 2 is 1.79 bits per heavy atom. The highest BCUT2D eigenvalue weighted by molar-refractivity contribution is 8.00. The summed E-state index contributed by atoms with van der Waals surface area (Å²) in [5.74, 6) is -1.84. The van der Waals surface area contributed by atoms with Gasteiger partial charge in [0.2, 0.25) is 23.6 Å². The van der Waals surface area contributed by atoms with Crippen LogP contribution in [-0.2, 0) is 54.1 Å². The fraction of sp³-hybridized carbons (Fsp3) is 0.646. The number of rotatable bonds is 12. The number of hydrogen-bond acceptors (Lipinski definition) is 14. The number of hydrogen-bond donors (Lipinski definition) is 2. The number of nitrogens with one attached hydrogen (secondary N) is 1. The number of thioether (sulfide) groups is 1. The third-order valence-corrected chi connectivity index (χ3v) is 15.8. The summed E-state index contributed by atoms with van der Waals surface area (Å²) >= 11 is 8.04. The number of amides is 5. The Morgan fingerprint density at radius 3 is 2.45 bits per heavy atom. The van der Waals surface area contributed by atoms with E-state index in [0.717, 1.165) is 36.8 Å². The first-order chi connectivity index (χ1) is 31.6. The monoisotopic (exact) mass is 972 g/mol. The molecule has 1 aromatic carbocycles. The van der Waals surface area contributed by atoms with Crippen molar-refractivity contribution in [3.05, 3.63) is 46.5 Å². The summed E-state index contributed by atoms with van der Waals surface area (Å²) in [4.78, 5) is 96.8. The van der Waals surface area contributed by atoms with Gasteiger partial charge >= 0.3 is 12.1 Å². The van der Waals surface area contributed by atoms with Crippen LogP contribution in [0.15, 0.2) is 35.9 Å². The van der Waals surface area contributed by atoms with Crippen molar-refractivity contribution < 1.29 is 62.4 Å². The van der Waals surface area contributed by atoms with Crippen LogP contribution in [0.25, 0.3) is 0 Å². The lowest BCUT2D eigenvalue weighted by molar-refractivity contribution is -0.162. The molecule has 5 aliphatic rings. The van der Waals surface area contributed by atoms with E-state index >= 15 is 0 Å². The number of anilines is 1.